The van der Waals surface area contributed by atoms with Crippen LogP contribution in [-0.4, -0.2) is 68.4 Å². The molecule has 6 N–H and O–H groups in total. The van der Waals surface area contributed by atoms with Crippen molar-refractivity contribution in [3.05, 3.63) is 35.5 Å². The number of benzene rings is 1. The van der Waals surface area contributed by atoms with Gasteiger partial charge < -0.3 is 31.1 Å². The van der Waals surface area contributed by atoms with E-state index < -0.39 is 37.2 Å². The highest BCUT2D eigenvalue weighted by molar-refractivity contribution is 6.31. The first kappa shape index (κ1) is 20.5. The van der Waals surface area contributed by atoms with Crippen LogP contribution in [0.5, 0.6) is 0 Å². The first-order valence-corrected chi connectivity index (χ1v) is 9.25. The smallest absolute Gasteiger partial charge is 0.414 e. The first-order chi connectivity index (χ1) is 16.9. The van der Waals surface area contributed by atoms with E-state index in [1.807, 2.05) is 31.2 Å². The molecule has 0 aliphatic rings. The summed E-state index contributed by atoms with van der Waals surface area (Å²) in [6.45, 7) is -2.72. The molecule has 1 aromatic carbocycles. The highest BCUT2D eigenvalue weighted by Crippen LogP contribution is 2.25. The first-order valence-electron chi connectivity index (χ1n) is 11.4. The van der Waals surface area contributed by atoms with Gasteiger partial charge in [-0.15, -0.1) is 0 Å². The van der Waals surface area contributed by atoms with E-state index in [0.717, 1.165) is 23.0 Å². The molecule has 1 aromatic heterocycles. The largest absolute Gasteiger partial charge is 0.473 e. The van der Waals surface area contributed by atoms with Crippen LogP contribution in [0.2, 0.25) is 5.02 Å². The van der Waals surface area contributed by atoms with Crippen molar-refractivity contribution in [1.82, 2.24) is 10.3 Å². The van der Waals surface area contributed by atoms with Gasteiger partial charge in [0.15, 0.2) is 0 Å². The maximum absolute atomic E-state index is 9.10. The van der Waals surface area contributed by atoms with Crippen molar-refractivity contribution in [2.24, 2.45) is 0 Å². The van der Waals surface area contributed by atoms with Gasteiger partial charge in [-0.1, -0.05) is 18.5 Å². The molecule has 2 rings (SSSR count). The van der Waals surface area contributed by atoms with Gasteiger partial charge in [-0.3, -0.25) is 4.98 Å². The molecule has 0 saturated heterocycles. The second kappa shape index (κ2) is 15.4. The van der Waals surface area contributed by atoms with Gasteiger partial charge in [0.25, 0.3) is 0 Å². The van der Waals surface area contributed by atoms with Crippen LogP contribution in [0.15, 0.2) is 30.5 Å². The van der Waals surface area contributed by atoms with Gasteiger partial charge in [0, 0.05) is 35.2 Å². The van der Waals surface area contributed by atoms with Gasteiger partial charge in [0.05, 0.1) is 5.52 Å². The van der Waals surface area contributed by atoms with E-state index >= 15 is 0 Å². The van der Waals surface area contributed by atoms with Crippen LogP contribution in [0.25, 0.3) is 10.9 Å². The second-order valence-corrected chi connectivity index (χ2v) is 6.42. The minimum absolute atomic E-state index is 0.140. The number of carbonyl (C=O) groups is 4. The lowest BCUT2D eigenvalue weighted by Crippen LogP contribution is -2.19. The van der Waals surface area contributed by atoms with E-state index in [2.05, 4.69) is 15.6 Å². The molecule has 176 valence electrons. The Balaban J connectivity index is 0.000000896. The van der Waals surface area contributed by atoms with Crippen LogP contribution >= 0.6 is 11.6 Å². The number of aromatic nitrogens is 1. The maximum Gasteiger partial charge on any atom is 0.414 e. The Kier molecular flexibility index (Phi) is 9.83. The van der Waals surface area contributed by atoms with Crippen LogP contribution < -0.4 is 10.6 Å². The summed E-state index contributed by atoms with van der Waals surface area (Å²) in [7, 11) is 0. The molecule has 0 amide bonds. The maximum atomic E-state index is 9.10. The highest BCUT2D eigenvalue weighted by atomic mass is 35.5. The number of anilines is 1. The summed E-state index contributed by atoms with van der Waals surface area (Å²) in [6.07, 6.45) is 3.14. The van der Waals surface area contributed by atoms with Crippen LogP contribution in [0.1, 0.15) is 33.5 Å². The van der Waals surface area contributed by atoms with Gasteiger partial charge in [-0.25, -0.2) is 19.2 Å². The molecule has 0 saturated carbocycles. The van der Waals surface area contributed by atoms with Crippen LogP contribution in [0.3, 0.4) is 0 Å². The SMILES string of the molecule is O=C(O)C(=O)O.O=C(O)C(=O)O.[2H]C([2H])([2H])C([2H])([2H])NCCCC(C)Nc1ccnc2cc(Cl)ccc12. The summed E-state index contributed by atoms with van der Waals surface area (Å²) in [5.74, 6) is -7.30. The summed E-state index contributed by atoms with van der Waals surface area (Å²) in [6, 6.07) is 7.60. The number of rotatable bonds is 7. The topological polar surface area (TPSA) is 186 Å². The third-order valence-electron chi connectivity index (χ3n) is 3.50. The number of halogens is 1. The average Bonchev–Trinajstić information content (AvgIpc) is 2.76. The normalized spacial score (nSPS) is 13.8. The molecule has 11 nitrogen and oxygen atoms in total. The van der Waals surface area contributed by atoms with Gasteiger partial charge in [0.2, 0.25) is 0 Å². The number of hydrogen-bond donors (Lipinski definition) is 6. The number of nitrogens with zero attached hydrogens (tertiary/aromatic N) is 1. The van der Waals surface area contributed by atoms with Crippen LogP contribution in [0.4, 0.5) is 5.69 Å². The van der Waals surface area contributed by atoms with Crippen molar-refractivity contribution >= 4 is 52.1 Å². The Morgan fingerprint density at radius 3 is 2.22 bits per heavy atom. The molecule has 0 aliphatic carbocycles. The zero-order chi connectivity index (χ0) is 29.0. The molecule has 1 atom stereocenters. The molecule has 1 unspecified atom stereocenters. The molecule has 12 heteroatoms. The number of aliphatic carboxylic acids is 4. The minimum Gasteiger partial charge on any atom is -0.473 e. The molecule has 1 heterocycles. The number of nitrogens with one attached hydrogen (secondary N) is 2. The van der Waals surface area contributed by atoms with Crippen LogP contribution in [0, 0.1) is 0 Å². The summed E-state index contributed by atoms with van der Waals surface area (Å²) in [4.78, 5) is 40.7. The van der Waals surface area contributed by atoms with E-state index in [1.54, 1.807) is 6.20 Å². The predicted molar refractivity (Wildman–Crippen MR) is 118 cm³/mol. The number of carboxylic acids is 4. The Morgan fingerprint density at radius 2 is 1.69 bits per heavy atom. The highest BCUT2D eigenvalue weighted by Gasteiger charge is 2.07. The Labute approximate surface area is 196 Å². The molecule has 0 spiro atoms. The fourth-order valence-corrected chi connectivity index (χ4v) is 2.31. The van der Waals surface area contributed by atoms with Crippen molar-refractivity contribution in [3.8, 4) is 0 Å². The summed E-state index contributed by atoms with van der Waals surface area (Å²) in [5, 5.41) is 37.1. The summed E-state index contributed by atoms with van der Waals surface area (Å²) < 4.78 is 36.5. The van der Waals surface area contributed by atoms with Crippen molar-refractivity contribution in [1.29, 1.82) is 0 Å². The van der Waals surface area contributed by atoms with E-state index in [4.69, 9.17) is 58.1 Å². The number of fused-ring (bicyclic) bond motifs is 1. The van der Waals surface area contributed by atoms with E-state index in [-0.39, 0.29) is 6.04 Å². The minimum atomic E-state index is -2.67. The Morgan fingerprint density at radius 1 is 1.09 bits per heavy atom. The molecule has 2 aromatic rings. The molecular formula is C20H26ClN3O8. The quantitative estimate of drug-likeness (QED) is 0.254. The summed E-state index contributed by atoms with van der Waals surface area (Å²) in [5.41, 5.74) is 1.78. The lowest BCUT2D eigenvalue weighted by Gasteiger charge is -2.16. The van der Waals surface area contributed by atoms with E-state index in [1.165, 1.54) is 0 Å². The molecular weight excluding hydrogens is 446 g/mol. The Bertz CT molecular complexity index is 1050. The van der Waals surface area contributed by atoms with Crippen molar-refractivity contribution in [3.63, 3.8) is 0 Å². The average molecular weight is 477 g/mol. The van der Waals surface area contributed by atoms with Crippen LogP contribution in [-0.2, 0) is 19.2 Å². The zero-order valence-corrected chi connectivity index (χ0v) is 17.6. The zero-order valence-electron chi connectivity index (χ0n) is 21.8. The Hall–Kier alpha value is -3.44. The number of pyridine rings is 1. The van der Waals surface area contributed by atoms with Gasteiger partial charge in [-0.2, -0.15) is 0 Å². The molecule has 0 radical (unpaired) electrons. The van der Waals surface area contributed by atoms with E-state index in [0.29, 0.717) is 18.0 Å². The third-order valence-corrected chi connectivity index (χ3v) is 3.73. The fourth-order valence-electron chi connectivity index (χ4n) is 2.14. The predicted octanol–water partition coefficient (Wildman–Crippen LogP) is 2.39. The van der Waals surface area contributed by atoms with Crippen molar-refractivity contribution in [2.45, 2.75) is 32.7 Å². The molecule has 32 heavy (non-hydrogen) atoms. The monoisotopic (exact) mass is 476 g/mol. The van der Waals surface area contributed by atoms with Gasteiger partial charge in [0.1, 0.15) is 0 Å². The second-order valence-electron chi connectivity index (χ2n) is 5.98. The van der Waals surface area contributed by atoms with Crippen molar-refractivity contribution in [2.75, 3.05) is 18.4 Å². The lowest BCUT2D eigenvalue weighted by atomic mass is 10.1. The molecule has 0 aliphatic heterocycles. The van der Waals surface area contributed by atoms with E-state index in [9.17, 15) is 0 Å². The molecule has 0 fully saturated rings. The standard InChI is InChI=1S/C16H22ClN3.2C2H2O4/c1-3-18-9-4-5-12(2)20-15-8-10-19-16-11-13(17)6-7-14(15)16;2*3-1(4)2(5)6/h6-8,10-12,18H,3-5,9H2,1-2H3,(H,19,20);2*(H,3,4)(H,5,6)/i1D3,3D2;;. The lowest BCUT2D eigenvalue weighted by molar-refractivity contribution is -0.159. The van der Waals surface area contributed by atoms with Gasteiger partial charge >= 0.3 is 23.9 Å². The number of hydrogen-bond acceptors (Lipinski definition) is 7. The summed E-state index contributed by atoms with van der Waals surface area (Å²) >= 11 is 5.99. The van der Waals surface area contributed by atoms with Gasteiger partial charge in [-0.05, 0) is 57.1 Å². The molecule has 0 bridgehead atoms. The third kappa shape index (κ3) is 12.3. The number of carboxylic acid groups (broad SMARTS) is 4. The van der Waals surface area contributed by atoms with Crippen molar-refractivity contribution < 1.29 is 46.5 Å². The fraction of sp³-hybridized carbons (Fsp3) is 0.350.